The van der Waals surface area contributed by atoms with Crippen LogP contribution in [0.5, 0.6) is 0 Å². The molecule has 0 radical (unpaired) electrons. The van der Waals surface area contributed by atoms with E-state index in [1.54, 1.807) is 24.7 Å². The number of benzene rings is 1. The number of aliphatic hydroxyl groups excluding tert-OH is 1. The number of halogens is 1. The number of pyridine rings is 2. The van der Waals surface area contributed by atoms with Gasteiger partial charge in [-0.15, -0.1) is 0 Å². The predicted molar refractivity (Wildman–Crippen MR) is 113 cm³/mol. The van der Waals surface area contributed by atoms with Gasteiger partial charge in [-0.3, -0.25) is 4.79 Å². The zero-order chi connectivity index (χ0) is 22.3. The van der Waals surface area contributed by atoms with Gasteiger partial charge in [0.05, 0.1) is 35.6 Å². The van der Waals surface area contributed by atoms with Crippen molar-refractivity contribution in [2.45, 2.75) is 44.9 Å². The Morgan fingerprint density at radius 2 is 2.09 bits per heavy atom. The lowest BCUT2D eigenvalue weighted by atomic mass is 9.78. The van der Waals surface area contributed by atoms with Crippen molar-refractivity contribution < 1.29 is 23.8 Å². The maximum Gasteiger partial charge on any atom is 0.340 e. The number of ether oxygens (including phenoxy) is 2. The molecule has 164 valence electrons. The van der Waals surface area contributed by atoms with Crippen LogP contribution in [0.3, 0.4) is 0 Å². The van der Waals surface area contributed by atoms with Gasteiger partial charge in [0.1, 0.15) is 12.4 Å². The second-order valence-electron chi connectivity index (χ2n) is 8.76. The van der Waals surface area contributed by atoms with Crippen LogP contribution in [0.25, 0.3) is 22.3 Å². The van der Waals surface area contributed by atoms with E-state index in [0.717, 1.165) is 34.9 Å². The Morgan fingerprint density at radius 1 is 1.28 bits per heavy atom. The number of hydrogen-bond donors (Lipinski definition) is 1. The summed E-state index contributed by atoms with van der Waals surface area (Å²) in [7, 11) is 1.66. The number of cyclic esters (lactones) is 1. The minimum absolute atomic E-state index is 0.103. The third-order valence-electron chi connectivity index (χ3n) is 7.13. The number of aryl methyl sites for hydroxylation is 1. The Labute approximate surface area is 182 Å². The van der Waals surface area contributed by atoms with E-state index in [-0.39, 0.29) is 35.0 Å². The first-order valence-electron chi connectivity index (χ1n) is 10.7. The normalized spacial score (nSPS) is 20.7. The Bertz CT molecular complexity index is 1410. The number of esters is 1. The van der Waals surface area contributed by atoms with Gasteiger partial charge in [-0.2, -0.15) is 0 Å². The van der Waals surface area contributed by atoms with E-state index in [2.05, 4.69) is 0 Å². The molecule has 1 unspecified atom stereocenters. The summed E-state index contributed by atoms with van der Waals surface area (Å²) in [5.41, 5.74) is 5.49. The van der Waals surface area contributed by atoms with Crippen molar-refractivity contribution >= 4 is 16.9 Å². The molecule has 7 nitrogen and oxygen atoms in total. The van der Waals surface area contributed by atoms with E-state index in [9.17, 15) is 19.1 Å². The molecule has 0 bridgehead atoms. The predicted octanol–water partition coefficient (Wildman–Crippen LogP) is 2.64. The highest BCUT2D eigenvalue weighted by Gasteiger charge is 2.37. The van der Waals surface area contributed by atoms with E-state index in [4.69, 9.17) is 14.5 Å². The van der Waals surface area contributed by atoms with Crippen molar-refractivity contribution in [1.29, 1.82) is 0 Å². The summed E-state index contributed by atoms with van der Waals surface area (Å²) < 4.78 is 26.8. The van der Waals surface area contributed by atoms with Gasteiger partial charge in [0, 0.05) is 35.6 Å². The quantitative estimate of drug-likeness (QED) is 0.486. The van der Waals surface area contributed by atoms with Gasteiger partial charge >= 0.3 is 5.97 Å². The van der Waals surface area contributed by atoms with Gasteiger partial charge in [0.2, 0.25) is 0 Å². The van der Waals surface area contributed by atoms with Gasteiger partial charge in [0.15, 0.2) is 6.10 Å². The van der Waals surface area contributed by atoms with Crippen molar-refractivity contribution in [2.24, 2.45) is 0 Å². The van der Waals surface area contributed by atoms with Crippen molar-refractivity contribution in [3.05, 3.63) is 61.7 Å². The van der Waals surface area contributed by atoms with E-state index >= 15 is 0 Å². The molecule has 0 fully saturated rings. The molecule has 0 saturated heterocycles. The molecule has 3 aromatic rings. The zero-order valence-corrected chi connectivity index (χ0v) is 17.7. The van der Waals surface area contributed by atoms with Crippen LogP contribution >= 0.6 is 0 Å². The van der Waals surface area contributed by atoms with Crippen molar-refractivity contribution in [3.8, 4) is 11.4 Å². The lowest BCUT2D eigenvalue weighted by Crippen LogP contribution is -2.32. The fraction of sp³-hybridized carbons (Fsp3) is 0.375. The van der Waals surface area contributed by atoms with Crippen LogP contribution in [0.1, 0.15) is 51.8 Å². The van der Waals surface area contributed by atoms with Gasteiger partial charge < -0.3 is 19.1 Å². The number of nitrogens with zero attached hydrogens (tertiary/aromatic N) is 2. The summed E-state index contributed by atoms with van der Waals surface area (Å²) in [6, 6.07) is 3.11. The first-order chi connectivity index (χ1) is 15.4. The molecule has 32 heavy (non-hydrogen) atoms. The summed E-state index contributed by atoms with van der Waals surface area (Å²) in [4.78, 5) is 29.9. The molecule has 0 amide bonds. The highest BCUT2D eigenvalue weighted by atomic mass is 19.1. The van der Waals surface area contributed by atoms with Crippen LogP contribution in [-0.2, 0) is 33.8 Å². The molecule has 1 N–H and O–H groups in total. The Morgan fingerprint density at radius 3 is 2.88 bits per heavy atom. The molecular weight excluding hydrogens is 415 g/mol. The van der Waals surface area contributed by atoms with Crippen LogP contribution in [-0.4, -0.2) is 34.3 Å². The van der Waals surface area contributed by atoms with Gasteiger partial charge in [-0.25, -0.2) is 14.2 Å². The van der Waals surface area contributed by atoms with Crippen molar-refractivity contribution in [2.75, 3.05) is 13.7 Å². The van der Waals surface area contributed by atoms with E-state index < -0.39 is 12.1 Å². The molecule has 1 aromatic carbocycles. The molecule has 8 heteroatoms. The average molecular weight is 436 g/mol. The van der Waals surface area contributed by atoms with E-state index in [0.29, 0.717) is 35.6 Å². The first kappa shape index (κ1) is 19.6. The minimum Gasteiger partial charge on any atom is -0.458 e. The number of methoxy groups -OCH3 is 1. The number of aliphatic hydroxyl groups is 1. The Hall–Kier alpha value is -3.10. The molecule has 6 rings (SSSR count). The second-order valence-corrected chi connectivity index (χ2v) is 8.76. The van der Waals surface area contributed by atoms with Crippen LogP contribution < -0.4 is 5.56 Å². The van der Waals surface area contributed by atoms with Crippen LogP contribution in [0.2, 0.25) is 0 Å². The number of carbonyl (C=O) groups excluding carboxylic acids is 1. The van der Waals surface area contributed by atoms with Crippen LogP contribution in [0, 0.1) is 12.7 Å². The summed E-state index contributed by atoms with van der Waals surface area (Å²) in [6.07, 6.45) is 0.0571. The monoisotopic (exact) mass is 436 g/mol. The minimum atomic E-state index is -1.51. The van der Waals surface area contributed by atoms with Crippen LogP contribution in [0.4, 0.5) is 4.39 Å². The lowest BCUT2D eigenvalue weighted by molar-refractivity contribution is -0.157. The van der Waals surface area contributed by atoms with E-state index in [1.807, 2.05) is 0 Å². The lowest BCUT2D eigenvalue weighted by Gasteiger charge is -2.28. The molecule has 0 saturated carbocycles. The fourth-order valence-electron chi connectivity index (χ4n) is 5.57. The molecule has 4 heterocycles. The molecule has 3 aliphatic rings. The van der Waals surface area contributed by atoms with Gasteiger partial charge in [-0.1, -0.05) is 0 Å². The third-order valence-corrected chi connectivity index (χ3v) is 7.13. The maximum atomic E-state index is 14.7. The average Bonchev–Trinajstić information content (AvgIpc) is 3.14. The Balaban J connectivity index is 1.68. The summed E-state index contributed by atoms with van der Waals surface area (Å²) in [5.74, 6) is -0.967. The fourth-order valence-corrected chi connectivity index (χ4v) is 5.57. The summed E-state index contributed by atoms with van der Waals surface area (Å²) >= 11 is 0. The third kappa shape index (κ3) is 2.45. The number of rotatable bonds is 2. The number of fused-ring (bicyclic) bond motifs is 5. The first-order valence-corrected chi connectivity index (χ1v) is 10.7. The van der Waals surface area contributed by atoms with Gasteiger partial charge in [-0.05, 0) is 42.5 Å². The topological polar surface area (TPSA) is 90.7 Å². The highest BCUT2D eigenvalue weighted by molar-refractivity contribution is 5.93. The Kier molecular flexibility index (Phi) is 4.10. The van der Waals surface area contributed by atoms with Gasteiger partial charge in [0.25, 0.3) is 5.56 Å². The van der Waals surface area contributed by atoms with Crippen LogP contribution in [0.15, 0.2) is 16.9 Å². The summed E-state index contributed by atoms with van der Waals surface area (Å²) in [5, 5.41) is 11.3. The van der Waals surface area contributed by atoms with E-state index in [1.165, 1.54) is 6.07 Å². The summed E-state index contributed by atoms with van der Waals surface area (Å²) in [6.45, 7) is 2.48. The highest BCUT2D eigenvalue weighted by Crippen LogP contribution is 2.45. The maximum absolute atomic E-state index is 14.7. The number of carbonyl (C=O) groups is 1. The molecule has 2 aliphatic heterocycles. The molecule has 1 aliphatic carbocycles. The largest absolute Gasteiger partial charge is 0.458 e. The van der Waals surface area contributed by atoms with Crippen molar-refractivity contribution in [3.63, 3.8) is 0 Å². The van der Waals surface area contributed by atoms with Crippen molar-refractivity contribution in [1.82, 2.24) is 9.55 Å². The second kappa shape index (κ2) is 6.70. The zero-order valence-electron chi connectivity index (χ0n) is 17.7. The molecule has 0 spiro atoms. The number of hydrogen-bond acceptors (Lipinski definition) is 6. The molecule has 2 aromatic heterocycles. The SMILES string of the molecule is COCC1CCc2c(C)c(F)cc3nc4c(c1c23)Cn1c-4cc2c(c1=O)COC(=O)[C@H]2O. The smallest absolute Gasteiger partial charge is 0.340 e. The molecular formula is C24H21FN2O5. The number of aromatic nitrogens is 2. The standard InChI is InChI=1S/C24H21FN2O5/c1-10-12-4-3-11(8-31-2)19-14-7-27-18(21(14)26-17(20(12)19)6-16(10)25)5-13-15(23(27)29)9-32-24(30)22(13)28/h5-6,11,22,28H,3-4,7-9H2,1-2H3/t11?,22-/m0/s1. The molecule has 2 atom stereocenters.